The summed E-state index contributed by atoms with van der Waals surface area (Å²) in [6, 6.07) is 0. The Labute approximate surface area is 104 Å². The quantitative estimate of drug-likeness (QED) is 0.888. The molecule has 6 heteroatoms. The summed E-state index contributed by atoms with van der Waals surface area (Å²) in [6.45, 7) is 5.92. The molecule has 1 N–H and O–H groups in total. The van der Waals surface area contributed by atoms with E-state index in [0.717, 1.165) is 23.4 Å². The van der Waals surface area contributed by atoms with Gasteiger partial charge in [-0.3, -0.25) is 4.98 Å². The summed E-state index contributed by atoms with van der Waals surface area (Å²) in [5, 5.41) is 13.3. The van der Waals surface area contributed by atoms with Gasteiger partial charge >= 0.3 is 5.97 Å². The topological polar surface area (TPSA) is 80.9 Å². The number of nitrogens with zero attached hydrogens (tertiary/aromatic N) is 4. The number of hydrogen-bond donors (Lipinski definition) is 1. The molecule has 2 aromatic rings. The molecular formula is C12H14N4O2. The molecule has 0 saturated carbocycles. The van der Waals surface area contributed by atoms with Gasteiger partial charge in [0.05, 0.1) is 18.1 Å². The smallest absolute Gasteiger partial charge is 0.356 e. The Morgan fingerprint density at radius 3 is 2.67 bits per heavy atom. The van der Waals surface area contributed by atoms with Crippen LogP contribution in [0.4, 0.5) is 0 Å². The lowest BCUT2D eigenvalue weighted by molar-refractivity contribution is 0.0690. The van der Waals surface area contributed by atoms with Crippen LogP contribution in [0.5, 0.6) is 0 Å². The Morgan fingerprint density at radius 2 is 2.11 bits per heavy atom. The lowest BCUT2D eigenvalue weighted by Gasteiger charge is -2.04. The summed E-state index contributed by atoms with van der Waals surface area (Å²) in [4.78, 5) is 18.8. The summed E-state index contributed by atoms with van der Waals surface area (Å²) in [7, 11) is 0. The summed E-state index contributed by atoms with van der Waals surface area (Å²) < 4.78 is 1.63. The number of carbonyl (C=O) groups is 1. The number of hydrogen-bond acceptors (Lipinski definition) is 4. The van der Waals surface area contributed by atoms with Crippen LogP contribution in [0, 0.1) is 13.8 Å². The number of carboxylic acid groups (broad SMARTS) is 1. The van der Waals surface area contributed by atoms with Gasteiger partial charge in [0.25, 0.3) is 0 Å². The minimum Gasteiger partial charge on any atom is -0.476 e. The first-order chi connectivity index (χ1) is 8.54. The van der Waals surface area contributed by atoms with E-state index in [9.17, 15) is 4.79 Å². The fourth-order valence-electron chi connectivity index (χ4n) is 1.97. The zero-order valence-electron chi connectivity index (χ0n) is 10.5. The number of aromatic nitrogens is 4. The van der Waals surface area contributed by atoms with Crippen molar-refractivity contribution in [3.05, 3.63) is 35.0 Å². The van der Waals surface area contributed by atoms with Crippen molar-refractivity contribution in [2.75, 3.05) is 0 Å². The Bertz CT molecular complexity index is 604. The van der Waals surface area contributed by atoms with E-state index in [2.05, 4.69) is 22.0 Å². The number of aryl methyl sites for hydroxylation is 1. The molecule has 0 unspecified atom stereocenters. The van der Waals surface area contributed by atoms with Crippen molar-refractivity contribution in [1.82, 2.24) is 19.7 Å². The van der Waals surface area contributed by atoms with E-state index in [0.29, 0.717) is 5.82 Å². The molecule has 2 aromatic heterocycles. The van der Waals surface area contributed by atoms with Gasteiger partial charge in [0.1, 0.15) is 0 Å². The fraction of sp³-hybridized carbons (Fsp3) is 0.333. The van der Waals surface area contributed by atoms with Gasteiger partial charge in [-0.25, -0.2) is 14.5 Å². The minimum absolute atomic E-state index is 0.0851. The highest BCUT2D eigenvalue weighted by Gasteiger charge is 2.14. The van der Waals surface area contributed by atoms with Gasteiger partial charge in [-0.15, -0.1) is 0 Å². The summed E-state index contributed by atoms with van der Waals surface area (Å²) in [5.74, 6) is -0.670. The second-order valence-electron chi connectivity index (χ2n) is 3.98. The average molecular weight is 246 g/mol. The minimum atomic E-state index is -1.10. The van der Waals surface area contributed by atoms with Crippen molar-refractivity contribution in [3.63, 3.8) is 0 Å². The van der Waals surface area contributed by atoms with Gasteiger partial charge < -0.3 is 5.11 Å². The molecule has 0 saturated heterocycles. The van der Waals surface area contributed by atoms with Crippen LogP contribution in [0.15, 0.2) is 12.4 Å². The molecule has 0 fully saturated rings. The van der Waals surface area contributed by atoms with Crippen LogP contribution in [-0.2, 0) is 6.42 Å². The lowest BCUT2D eigenvalue weighted by atomic mass is 10.1. The molecule has 0 bridgehead atoms. The molecular weight excluding hydrogens is 232 g/mol. The van der Waals surface area contributed by atoms with E-state index in [-0.39, 0.29) is 5.69 Å². The standard InChI is InChI=1S/C12H14N4O2/c1-4-9-7(2)15-16(8(9)3)11-6-13-5-10(14-11)12(17)18/h5-6H,4H2,1-3H3,(H,17,18). The van der Waals surface area contributed by atoms with Crippen LogP contribution >= 0.6 is 0 Å². The highest BCUT2D eigenvalue weighted by molar-refractivity contribution is 5.85. The SMILES string of the molecule is CCc1c(C)nn(-c2cncc(C(=O)O)n2)c1C. The van der Waals surface area contributed by atoms with Gasteiger partial charge in [0.2, 0.25) is 0 Å². The first kappa shape index (κ1) is 12.2. The van der Waals surface area contributed by atoms with Crippen molar-refractivity contribution >= 4 is 5.97 Å². The molecule has 0 aliphatic heterocycles. The molecule has 0 spiro atoms. The first-order valence-corrected chi connectivity index (χ1v) is 5.65. The van der Waals surface area contributed by atoms with Crippen molar-refractivity contribution < 1.29 is 9.90 Å². The van der Waals surface area contributed by atoms with E-state index in [4.69, 9.17) is 5.11 Å². The zero-order chi connectivity index (χ0) is 13.3. The molecule has 18 heavy (non-hydrogen) atoms. The van der Waals surface area contributed by atoms with Crippen LogP contribution in [0.1, 0.15) is 34.4 Å². The third kappa shape index (κ3) is 1.97. The Morgan fingerprint density at radius 1 is 1.39 bits per heavy atom. The molecule has 0 aliphatic carbocycles. The van der Waals surface area contributed by atoms with Gasteiger partial charge in [0, 0.05) is 5.69 Å². The zero-order valence-corrected chi connectivity index (χ0v) is 10.5. The van der Waals surface area contributed by atoms with E-state index in [1.54, 1.807) is 4.68 Å². The van der Waals surface area contributed by atoms with E-state index in [1.807, 2.05) is 13.8 Å². The van der Waals surface area contributed by atoms with Gasteiger partial charge in [0.15, 0.2) is 11.5 Å². The summed E-state index contributed by atoms with van der Waals surface area (Å²) in [5.41, 5.74) is 2.96. The monoisotopic (exact) mass is 246 g/mol. The van der Waals surface area contributed by atoms with Gasteiger partial charge in [-0.1, -0.05) is 6.92 Å². The van der Waals surface area contributed by atoms with Crippen LogP contribution in [0.25, 0.3) is 5.82 Å². The third-order valence-electron chi connectivity index (χ3n) is 2.85. The predicted molar refractivity (Wildman–Crippen MR) is 65.0 cm³/mol. The number of aromatic carboxylic acids is 1. The fourth-order valence-corrected chi connectivity index (χ4v) is 1.97. The number of rotatable bonds is 3. The van der Waals surface area contributed by atoms with Gasteiger partial charge in [-0.05, 0) is 25.8 Å². The maximum atomic E-state index is 10.9. The van der Waals surface area contributed by atoms with E-state index in [1.165, 1.54) is 12.4 Å². The van der Waals surface area contributed by atoms with Gasteiger partial charge in [-0.2, -0.15) is 5.10 Å². The van der Waals surface area contributed by atoms with E-state index >= 15 is 0 Å². The largest absolute Gasteiger partial charge is 0.476 e. The summed E-state index contributed by atoms with van der Waals surface area (Å²) in [6.07, 6.45) is 3.60. The highest BCUT2D eigenvalue weighted by atomic mass is 16.4. The maximum Gasteiger partial charge on any atom is 0.356 e. The molecule has 2 heterocycles. The maximum absolute atomic E-state index is 10.9. The molecule has 94 valence electrons. The average Bonchev–Trinajstić information content (AvgIpc) is 2.64. The number of carboxylic acids is 1. The summed E-state index contributed by atoms with van der Waals surface area (Å²) >= 11 is 0. The first-order valence-electron chi connectivity index (χ1n) is 5.65. The highest BCUT2D eigenvalue weighted by Crippen LogP contribution is 2.16. The molecule has 0 aliphatic rings. The van der Waals surface area contributed by atoms with Crippen LogP contribution in [-0.4, -0.2) is 30.8 Å². The molecule has 0 radical (unpaired) electrons. The third-order valence-corrected chi connectivity index (χ3v) is 2.85. The molecule has 0 amide bonds. The second-order valence-corrected chi connectivity index (χ2v) is 3.98. The Balaban J connectivity index is 2.55. The van der Waals surface area contributed by atoms with Crippen molar-refractivity contribution in [1.29, 1.82) is 0 Å². The van der Waals surface area contributed by atoms with Crippen molar-refractivity contribution in [2.45, 2.75) is 27.2 Å². The molecule has 6 nitrogen and oxygen atoms in total. The van der Waals surface area contributed by atoms with Crippen molar-refractivity contribution in [2.24, 2.45) is 0 Å². The Hall–Kier alpha value is -2.24. The Kier molecular flexibility index (Phi) is 3.10. The molecule has 2 rings (SSSR count). The predicted octanol–water partition coefficient (Wildman–Crippen LogP) is 1.54. The van der Waals surface area contributed by atoms with Crippen molar-refractivity contribution in [3.8, 4) is 5.82 Å². The lowest BCUT2D eigenvalue weighted by Crippen LogP contribution is -2.08. The normalized spacial score (nSPS) is 10.6. The van der Waals surface area contributed by atoms with E-state index < -0.39 is 5.97 Å². The molecule has 0 atom stereocenters. The molecule has 0 aromatic carbocycles. The van der Waals surface area contributed by atoms with Crippen LogP contribution in [0.2, 0.25) is 0 Å². The second kappa shape index (κ2) is 4.56. The van der Waals surface area contributed by atoms with Crippen LogP contribution in [0.3, 0.4) is 0 Å². The van der Waals surface area contributed by atoms with Crippen LogP contribution < -0.4 is 0 Å².